The van der Waals surface area contributed by atoms with Crippen LogP contribution in [0.4, 0.5) is 4.79 Å². The Hall–Kier alpha value is -2.24. The lowest BCUT2D eigenvalue weighted by atomic mass is 10.0. The Morgan fingerprint density at radius 2 is 1.67 bits per heavy atom. The maximum absolute atomic E-state index is 12.1. The van der Waals surface area contributed by atoms with Crippen LogP contribution in [0.15, 0.2) is 24.3 Å². The Bertz CT molecular complexity index is 549. The molecule has 6 nitrogen and oxygen atoms in total. The van der Waals surface area contributed by atoms with Crippen LogP contribution in [0.25, 0.3) is 0 Å². The zero-order valence-corrected chi connectivity index (χ0v) is 14.7. The number of rotatable bonds is 5. The second-order valence-corrected chi connectivity index (χ2v) is 6.30. The summed E-state index contributed by atoms with van der Waals surface area (Å²) in [6, 6.07) is 7.94. The van der Waals surface area contributed by atoms with Gasteiger partial charge >= 0.3 is 6.03 Å². The van der Waals surface area contributed by atoms with Crippen LogP contribution in [-0.4, -0.2) is 61.1 Å². The number of amides is 3. The third kappa shape index (κ3) is 5.15. The average molecular weight is 333 g/mol. The van der Waals surface area contributed by atoms with Crippen molar-refractivity contribution in [1.82, 2.24) is 15.1 Å². The summed E-state index contributed by atoms with van der Waals surface area (Å²) in [5, 5.41) is 2.85. The van der Waals surface area contributed by atoms with Crippen LogP contribution < -0.4 is 10.1 Å². The molecule has 0 aliphatic carbocycles. The van der Waals surface area contributed by atoms with Crippen LogP contribution in [0.1, 0.15) is 32.3 Å². The second-order valence-electron chi connectivity index (χ2n) is 6.30. The van der Waals surface area contributed by atoms with Crippen molar-refractivity contribution in [3.05, 3.63) is 29.8 Å². The Balaban J connectivity index is 1.65. The molecule has 2 rings (SSSR count). The van der Waals surface area contributed by atoms with Crippen molar-refractivity contribution < 1.29 is 14.3 Å². The second kappa shape index (κ2) is 8.57. The Morgan fingerprint density at radius 1 is 1.08 bits per heavy atom. The van der Waals surface area contributed by atoms with Crippen molar-refractivity contribution in [2.24, 2.45) is 0 Å². The van der Waals surface area contributed by atoms with Crippen molar-refractivity contribution in [3.8, 4) is 5.75 Å². The smallest absolute Gasteiger partial charge is 0.317 e. The summed E-state index contributed by atoms with van der Waals surface area (Å²) in [5.41, 5.74) is 1.28. The fraction of sp³-hybridized carbons (Fsp3) is 0.556. The average Bonchev–Trinajstić information content (AvgIpc) is 2.59. The highest BCUT2D eigenvalue weighted by Crippen LogP contribution is 2.18. The molecule has 0 spiro atoms. The van der Waals surface area contributed by atoms with E-state index in [1.165, 1.54) is 5.56 Å². The zero-order chi connectivity index (χ0) is 17.5. The van der Waals surface area contributed by atoms with Gasteiger partial charge in [-0.05, 0) is 23.6 Å². The van der Waals surface area contributed by atoms with Crippen molar-refractivity contribution in [2.45, 2.75) is 26.7 Å². The molecule has 6 heteroatoms. The molecule has 132 valence electrons. The lowest BCUT2D eigenvalue weighted by Crippen LogP contribution is -2.53. The maximum atomic E-state index is 12.1. The van der Waals surface area contributed by atoms with Crippen LogP contribution in [0.3, 0.4) is 0 Å². The number of urea groups is 1. The van der Waals surface area contributed by atoms with E-state index in [0.717, 1.165) is 5.75 Å². The van der Waals surface area contributed by atoms with Crippen molar-refractivity contribution in [1.29, 1.82) is 0 Å². The van der Waals surface area contributed by atoms with Gasteiger partial charge in [0.2, 0.25) is 5.91 Å². The molecular weight excluding hydrogens is 306 g/mol. The molecule has 0 radical (unpaired) electrons. The molecule has 0 aromatic heterocycles. The molecule has 1 aliphatic heterocycles. The normalized spacial score (nSPS) is 14.7. The molecule has 0 unspecified atom stereocenters. The van der Waals surface area contributed by atoms with Gasteiger partial charge in [-0.3, -0.25) is 4.79 Å². The Kier molecular flexibility index (Phi) is 6.46. The molecule has 3 amide bonds. The number of hydrogen-bond donors (Lipinski definition) is 1. The monoisotopic (exact) mass is 333 g/mol. The van der Waals surface area contributed by atoms with Crippen molar-refractivity contribution in [2.75, 3.05) is 39.3 Å². The molecule has 1 aromatic carbocycles. The van der Waals surface area contributed by atoms with Gasteiger partial charge in [-0.15, -0.1) is 0 Å². The summed E-state index contributed by atoms with van der Waals surface area (Å²) in [6.45, 7) is 9.09. The van der Waals surface area contributed by atoms with Gasteiger partial charge in [-0.2, -0.15) is 0 Å². The number of piperazine rings is 1. The molecule has 0 atom stereocenters. The predicted molar refractivity (Wildman–Crippen MR) is 93.3 cm³/mol. The zero-order valence-electron chi connectivity index (χ0n) is 14.7. The van der Waals surface area contributed by atoms with E-state index in [1.807, 2.05) is 12.1 Å². The van der Waals surface area contributed by atoms with Gasteiger partial charge in [0.05, 0.1) is 6.54 Å². The highest BCUT2D eigenvalue weighted by molar-refractivity contribution is 5.76. The Morgan fingerprint density at radius 3 is 2.21 bits per heavy atom. The first-order chi connectivity index (χ1) is 11.5. The van der Waals surface area contributed by atoms with E-state index in [1.54, 1.807) is 16.7 Å². The summed E-state index contributed by atoms with van der Waals surface area (Å²) < 4.78 is 5.64. The number of carbonyl (C=O) groups is 2. The topological polar surface area (TPSA) is 61.9 Å². The van der Waals surface area contributed by atoms with Gasteiger partial charge in [0.1, 0.15) is 12.4 Å². The predicted octanol–water partition coefficient (Wildman–Crippen LogP) is 2.06. The van der Waals surface area contributed by atoms with Crippen molar-refractivity contribution in [3.63, 3.8) is 0 Å². The lowest BCUT2D eigenvalue weighted by molar-refractivity contribution is -0.130. The first-order valence-electron chi connectivity index (χ1n) is 8.48. The van der Waals surface area contributed by atoms with Gasteiger partial charge in [0.15, 0.2) is 0 Å². The van der Waals surface area contributed by atoms with E-state index in [0.29, 0.717) is 45.2 Å². The van der Waals surface area contributed by atoms with E-state index < -0.39 is 0 Å². The molecule has 1 saturated heterocycles. The molecule has 1 aromatic rings. The number of ether oxygens (including phenoxy) is 1. The molecule has 1 heterocycles. The molecule has 1 N–H and O–H groups in total. The molecule has 24 heavy (non-hydrogen) atoms. The lowest BCUT2D eigenvalue weighted by Gasteiger charge is -2.34. The van der Waals surface area contributed by atoms with Gasteiger partial charge in [-0.25, -0.2) is 4.79 Å². The summed E-state index contributed by atoms with van der Waals surface area (Å²) in [5.74, 6) is 1.37. The van der Waals surface area contributed by atoms with Crippen LogP contribution in [-0.2, 0) is 4.79 Å². The van der Waals surface area contributed by atoms with Gasteiger partial charge < -0.3 is 19.9 Å². The largest absolute Gasteiger partial charge is 0.492 e. The van der Waals surface area contributed by atoms with Crippen LogP contribution in [0, 0.1) is 0 Å². The van der Waals surface area contributed by atoms with E-state index in [9.17, 15) is 9.59 Å². The minimum atomic E-state index is -0.100. The molecule has 1 fully saturated rings. The number of benzene rings is 1. The molecule has 1 aliphatic rings. The fourth-order valence-corrected chi connectivity index (χ4v) is 2.61. The third-order valence-corrected chi connectivity index (χ3v) is 4.21. The SMILES string of the molecule is CC(=O)N1CCN(C(=O)NCCOc2ccc(C(C)C)cc2)CC1. The first kappa shape index (κ1) is 18.1. The van der Waals surface area contributed by atoms with Crippen LogP contribution in [0.5, 0.6) is 5.75 Å². The number of nitrogens with one attached hydrogen (secondary N) is 1. The summed E-state index contributed by atoms with van der Waals surface area (Å²) in [4.78, 5) is 26.8. The molecular formula is C18H27N3O3. The van der Waals surface area contributed by atoms with Gasteiger partial charge in [0, 0.05) is 33.1 Å². The van der Waals surface area contributed by atoms with Gasteiger partial charge in [-0.1, -0.05) is 26.0 Å². The van der Waals surface area contributed by atoms with E-state index in [2.05, 4.69) is 31.3 Å². The summed E-state index contributed by atoms with van der Waals surface area (Å²) >= 11 is 0. The van der Waals surface area contributed by atoms with Crippen molar-refractivity contribution >= 4 is 11.9 Å². The first-order valence-corrected chi connectivity index (χ1v) is 8.48. The quantitative estimate of drug-likeness (QED) is 0.839. The van der Waals surface area contributed by atoms with E-state index in [-0.39, 0.29) is 11.9 Å². The van der Waals surface area contributed by atoms with E-state index >= 15 is 0 Å². The molecule has 0 saturated carbocycles. The standard InChI is InChI=1S/C18H27N3O3/c1-14(2)16-4-6-17(7-5-16)24-13-8-19-18(23)21-11-9-20(10-12-21)15(3)22/h4-7,14H,8-13H2,1-3H3,(H,19,23). The Labute approximate surface area is 143 Å². The highest BCUT2D eigenvalue weighted by atomic mass is 16.5. The minimum absolute atomic E-state index is 0.0620. The molecule has 0 bridgehead atoms. The van der Waals surface area contributed by atoms with Crippen LogP contribution >= 0.6 is 0 Å². The van der Waals surface area contributed by atoms with Gasteiger partial charge in [0.25, 0.3) is 0 Å². The van der Waals surface area contributed by atoms with Crippen LogP contribution in [0.2, 0.25) is 0 Å². The summed E-state index contributed by atoms with van der Waals surface area (Å²) in [6.07, 6.45) is 0. The summed E-state index contributed by atoms with van der Waals surface area (Å²) in [7, 11) is 0. The maximum Gasteiger partial charge on any atom is 0.317 e. The van der Waals surface area contributed by atoms with E-state index in [4.69, 9.17) is 4.74 Å². The minimum Gasteiger partial charge on any atom is -0.492 e. The highest BCUT2D eigenvalue weighted by Gasteiger charge is 2.21. The number of carbonyl (C=O) groups excluding carboxylic acids is 2. The third-order valence-electron chi connectivity index (χ3n) is 4.21. The number of nitrogens with zero attached hydrogens (tertiary/aromatic N) is 2. The fourth-order valence-electron chi connectivity index (χ4n) is 2.61. The number of hydrogen-bond acceptors (Lipinski definition) is 3.